The van der Waals surface area contributed by atoms with Crippen LogP contribution in [0.3, 0.4) is 0 Å². The van der Waals surface area contributed by atoms with E-state index in [9.17, 15) is 13.2 Å². The van der Waals surface area contributed by atoms with Gasteiger partial charge in [-0.25, -0.2) is 0 Å². The van der Waals surface area contributed by atoms with E-state index in [2.05, 4.69) is 4.74 Å². The molecule has 0 aromatic heterocycles. The highest BCUT2D eigenvalue weighted by atomic mass is 19.4. The molecule has 1 heterocycles. The van der Waals surface area contributed by atoms with Crippen LogP contribution in [0.1, 0.15) is 6.92 Å². The van der Waals surface area contributed by atoms with Crippen LogP contribution in [-0.4, -0.2) is 39.4 Å². The predicted octanol–water partition coefficient (Wildman–Crippen LogP) is 1.73. The monoisotopic (exact) mass is 290 g/mol. The van der Waals surface area contributed by atoms with Gasteiger partial charge in [0, 0.05) is 6.61 Å². The van der Waals surface area contributed by atoms with Crippen molar-refractivity contribution in [1.82, 2.24) is 0 Å². The first-order valence-electron chi connectivity index (χ1n) is 6.18. The summed E-state index contributed by atoms with van der Waals surface area (Å²) < 4.78 is 56.1. The molecule has 1 aromatic carbocycles. The molecule has 0 aliphatic carbocycles. The third-order valence-corrected chi connectivity index (χ3v) is 2.66. The van der Waals surface area contributed by atoms with Crippen LogP contribution < -0.4 is 10.2 Å². The van der Waals surface area contributed by atoms with Crippen LogP contribution in [0, 0.1) is 0 Å². The molecular weight excluding hydrogens is 276 g/mol. The summed E-state index contributed by atoms with van der Waals surface area (Å²) in [6.07, 6.45) is -4.80. The number of alkyl halides is 3. The third kappa shape index (κ3) is 4.40. The molecule has 1 aromatic rings. The average Bonchev–Trinajstić information content (AvgIpc) is 2.39. The lowest BCUT2D eigenvalue weighted by molar-refractivity contribution is -0.274. The van der Waals surface area contributed by atoms with Crippen LogP contribution >= 0.6 is 0 Å². The molecule has 0 radical (unpaired) electrons. The zero-order valence-electron chi connectivity index (χ0n) is 10.9. The zero-order chi connectivity index (χ0) is 14.6. The van der Waals surface area contributed by atoms with Crippen molar-refractivity contribution in [1.29, 1.82) is 0 Å². The second-order valence-corrected chi connectivity index (χ2v) is 4.19. The molecule has 0 spiro atoms. The Bertz CT molecular complexity index is 416. The van der Waals surface area contributed by atoms with Crippen molar-refractivity contribution in [3.8, 4) is 5.75 Å². The molecule has 1 fully saturated rings. The Hall–Kier alpha value is -1.25. The molecule has 2 rings (SSSR count). The lowest BCUT2D eigenvalue weighted by Gasteiger charge is -2.27. The SMILES string of the molecule is CCOC1COB(c2ccc(OC(F)(F)F)cc2)OC1. The van der Waals surface area contributed by atoms with Crippen molar-refractivity contribution >= 4 is 12.6 Å². The van der Waals surface area contributed by atoms with E-state index in [0.717, 1.165) is 0 Å². The van der Waals surface area contributed by atoms with Gasteiger partial charge in [0.15, 0.2) is 0 Å². The minimum Gasteiger partial charge on any atom is -0.406 e. The van der Waals surface area contributed by atoms with E-state index in [1.54, 1.807) is 0 Å². The molecule has 110 valence electrons. The predicted molar refractivity (Wildman–Crippen MR) is 65.8 cm³/mol. The van der Waals surface area contributed by atoms with Crippen molar-refractivity contribution in [2.24, 2.45) is 0 Å². The summed E-state index contributed by atoms with van der Waals surface area (Å²) >= 11 is 0. The van der Waals surface area contributed by atoms with Crippen LogP contribution in [0.15, 0.2) is 24.3 Å². The minimum absolute atomic E-state index is 0.107. The van der Waals surface area contributed by atoms with E-state index in [-0.39, 0.29) is 11.9 Å². The number of rotatable bonds is 4. The highest BCUT2D eigenvalue weighted by Crippen LogP contribution is 2.21. The molecule has 0 atom stereocenters. The molecule has 0 N–H and O–H groups in total. The highest BCUT2D eigenvalue weighted by Gasteiger charge is 2.32. The van der Waals surface area contributed by atoms with Gasteiger partial charge in [-0.15, -0.1) is 13.2 Å². The molecule has 20 heavy (non-hydrogen) atoms. The summed E-state index contributed by atoms with van der Waals surface area (Å²) in [6, 6.07) is 5.41. The molecule has 1 aliphatic heterocycles. The summed E-state index contributed by atoms with van der Waals surface area (Å²) in [6.45, 7) is 3.23. The molecule has 4 nitrogen and oxygen atoms in total. The zero-order valence-corrected chi connectivity index (χ0v) is 10.9. The van der Waals surface area contributed by atoms with Gasteiger partial charge in [0.2, 0.25) is 0 Å². The Kier molecular flexibility index (Phi) is 4.90. The van der Waals surface area contributed by atoms with E-state index >= 15 is 0 Å². The minimum atomic E-state index is -4.69. The van der Waals surface area contributed by atoms with Crippen molar-refractivity contribution in [2.75, 3.05) is 19.8 Å². The van der Waals surface area contributed by atoms with E-state index in [1.165, 1.54) is 24.3 Å². The van der Waals surface area contributed by atoms with Crippen molar-refractivity contribution in [3.63, 3.8) is 0 Å². The topological polar surface area (TPSA) is 36.9 Å². The third-order valence-electron chi connectivity index (χ3n) is 2.66. The Labute approximate surface area is 114 Å². The number of ether oxygens (including phenoxy) is 2. The average molecular weight is 290 g/mol. The van der Waals surface area contributed by atoms with Gasteiger partial charge in [0.1, 0.15) is 11.9 Å². The summed E-state index contributed by atoms with van der Waals surface area (Å²) in [7, 11) is -0.591. The maximum atomic E-state index is 12.0. The van der Waals surface area contributed by atoms with Gasteiger partial charge < -0.3 is 18.8 Å². The summed E-state index contributed by atoms with van der Waals surface area (Å²) in [5.74, 6) is -0.274. The first-order chi connectivity index (χ1) is 9.48. The van der Waals surface area contributed by atoms with Gasteiger partial charge in [0.05, 0.1) is 13.2 Å². The van der Waals surface area contributed by atoms with Crippen LogP contribution in [-0.2, 0) is 14.0 Å². The molecule has 1 saturated heterocycles. The summed E-state index contributed by atoms with van der Waals surface area (Å²) in [4.78, 5) is 0. The fourth-order valence-corrected chi connectivity index (χ4v) is 1.84. The standard InChI is InChI=1S/C12H14BF3O4/c1-2-17-11-7-18-13(19-8-11)9-3-5-10(6-4-9)20-12(14,15)16/h3-6,11H,2,7-8H2,1H3. The van der Waals surface area contributed by atoms with Crippen molar-refractivity contribution in [2.45, 2.75) is 19.4 Å². The fraction of sp³-hybridized carbons (Fsp3) is 0.500. The fourth-order valence-electron chi connectivity index (χ4n) is 1.84. The lowest BCUT2D eigenvalue weighted by Crippen LogP contribution is -2.47. The van der Waals surface area contributed by atoms with Gasteiger partial charge in [-0.05, 0) is 24.5 Å². The molecule has 0 saturated carbocycles. The van der Waals surface area contributed by atoms with Gasteiger partial charge in [0.25, 0.3) is 0 Å². The normalized spacial score (nSPS) is 17.3. The molecular formula is C12H14BF3O4. The van der Waals surface area contributed by atoms with Crippen LogP contribution in [0.4, 0.5) is 13.2 Å². The van der Waals surface area contributed by atoms with Gasteiger partial charge in [-0.1, -0.05) is 12.1 Å². The molecule has 0 amide bonds. The molecule has 0 unspecified atom stereocenters. The Morgan fingerprint density at radius 1 is 1.20 bits per heavy atom. The van der Waals surface area contributed by atoms with Crippen molar-refractivity contribution in [3.05, 3.63) is 24.3 Å². The van der Waals surface area contributed by atoms with E-state index in [1.807, 2.05) is 6.92 Å². The smallest absolute Gasteiger partial charge is 0.406 e. The quantitative estimate of drug-likeness (QED) is 0.791. The van der Waals surface area contributed by atoms with Crippen LogP contribution in [0.25, 0.3) is 0 Å². The first-order valence-corrected chi connectivity index (χ1v) is 6.18. The first kappa shape index (κ1) is 15.1. The largest absolute Gasteiger partial charge is 0.573 e. The number of halogens is 3. The van der Waals surface area contributed by atoms with E-state index in [4.69, 9.17) is 14.0 Å². The van der Waals surface area contributed by atoms with E-state index < -0.39 is 13.5 Å². The maximum absolute atomic E-state index is 12.0. The second-order valence-electron chi connectivity index (χ2n) is 4.19. The molecule has 8 heteroatoms. The molecule has 0 bridgehead atoms. The Morgan fingerprint density at radius 2 is 1.80 bits per heavy atom. The second kappa shape index (κ2) is 6.47. The number of hydrogen-bond donors (Lipinski definition) is 0. The van der Waals surface area contributed by atoms with E-state index in [0.29, 0.717) is 25.3 Å². The number of benzene rings is 1. The van der Waals surface area contributed by atoms with Gasteiger partial charge >= 0.3 is 13.5 Å². The van der Waals surface area contributed by atoms with Crippen molar-refractivity contribution < 1.29 is 32.0 Å². The van der Waals surface area contributed by atoms with Crippen LogP contribution in [0.5, 0.6) is 5.75 Å². The Morgan fingerprint density at radius 3 is 2.30 bits per heavy atom. The summed E-state index contributed by atoms with van der Waals surface area (Å²) in [5.41, 5.74) is 0.634. The van der Waals surface area contributed by atoms with Crippen LogP contribution in [0.2, 0.25) is 0 Å². The van der Waals surface area contributed by atoms with Gasteiger partial charge in [-0.2, -0.15) is 0 Å². The van der Waals surface area contributed by atoms with Gasteiger partial charge in [-0.3, -0.25) is 0 Å². The maximum Gasteiger partial charge on any atom is 0.573 e. The Balaban J connectivity index is 1.91. The summed E-state index contributed by atoms with van der Waals surface area (Å²) in [5, 5.41) is 0. The highest BCUT2D eigenvalue weighted by molar-refractivity contribution is 6.61. The number of hydrogen-bond acceptors (Lipinski definition) is 4. The molecule has 1 aliphatic rings. The lowest BCUT2D eigenvalue weighted by atomic mass is 9.78.